The lowest BCUT2D eigenvalue weighted by atomic mass is 10.2. The summed E-state index contributed by atoms with van der Waals surface area (Å²) in [6.07, 6.45) is 0. The highest BCUT2D eigenvalue weighted by atomic mass is 35.5. The molecule has 0 amide bonds. The van der Waals surface area contributed by atoms with Crippen molar-refractivity contribution in [3.63, 3.8) is 0 Å². The number of nitrogens with one attached hydrogen (secondary N) is 1. The molecule has 0 aliphatic rings. The molecule has 0 fully saturated rings. The SMILES string of the molecule is COc1ccc(Cl)c(Nc2c(C#N)c(C)nn2C)c1. The van der Waals surface area contributed by atoms with Crippen LogP contribution in [0.1, 0.15) is 11.3 Å². The molecule has 0 unspecified atom stereocenters. The number of nitrogens with zero attached hydrogens (tertiary/aromatic N) is 3. The molecule has 0 aliphatic carbocycles. The van der Waals surface area contributed by atoms with Crippen LogP contribution in [0.25, 0.3) is 0 Å². The molecule has 1 aromatic carbocycles. The van der Waals surface area contributed by atoms with Gasteiger partial charge in [-0.2, -0.15) is 10.4 Å². The van der Waals surface area contributed by atoms with Crippen molar-refractivity contribution >= 4 is 23.1 Å². The Kier molecular flexibility index (Phi) is 3.63. The molecule has 1 N–H and O–H groups in total. The lowest BCUT2D eigenvalue weighted by Gasteiger charge is -2.10. The van der Waals surface area contributed by atoms with Crippen LogP contribution in [0.15, 0.2) is 18.2 Å². The van der Waals surface area contributed by atoms with Gasteiger partial charge in [0.15, 0.2) is 0 Å². The van der Waals surface area contributed by atoms with Crippen LogP contribution in [-0.2, 0) is 7.05 Å². The van der Waals surface area contributed by atoms with Crippen LogP contribution >= 0.6 is 11.6 Å². The summed E-state index contributed by atoms with van der Waals surface area (Å²) in [5, 5.41) is 17.0. The molecule has 0 saturated carbocycles. The summed E-state index contributed by atoms with van der Waals surface area (Å²) in [5.74, 6) is 1.29. The Bertz CT molecular complexity index is 657. The third kappa shape index (κ3) is 2.49. The second-order valence-electron chi connectivity index (χ2n) is 4.02. The van der Waals surface area contributed by atoms with E-state index < -0.39 is 0 Å². The van der Waals surface area contributed by atoms with Crippen molar-refractivity contribution in [2.24, 2.45) is 7.05 Å². The zero-order valence-electron chi connectivity index (χ0n) is 10.9. The summed E-state index contributed by atoms with van der Waals surface area (Å²) < 4.78 is 6.77. The number of anilines is 2. The van der Waals surface area contributed by atoms with Crippen molar-refractivity contribution in [3.8, 4) is 11.8 Å². The first-order chi connectivity index (χ1) is 9.06. The van der Waals surface area contributed by atoms with E-state index in [1.165, 1.54) is 0 Å². The molecule has 98 valence electrons. The van der Waals surface area contributed by atoms with Crippen molar-refractivity contribution in [2.75, 3.05) is 12.4 Å². The van der Waals surface area contributed by atoms with Crippen LogP contribution in [0.2, 0.25) is 5.02 Å². The summed E-state index contributed by atoms with van der Waals surface area (Å²) >= 11 is 6.13. The van der Waals surface area contributed by atoms with Gasteiger partial charge in [0.1, 0.15) is 23.2 Å². The van der Waals surface area contributed by atoms with Crippen molar-refractivity contribution in [1.29, 1.82) is 5.26 Å². The van der Waals surface area contributed by atoms with Crippen LogP contribution in [-0.4, -0.2) is 16.9 Å². The molecule has 5 nitrogen and oxygen atoms in total. The fraction of sp³-hybridized carbons (Fsp3) is 0.231. The summed E-state index contributed by atoms with van der Waals surface area (Å²) in [6, 6.07) is 7.41. The van der Waals surface area contributed by atoms with Gasteiger partial charge in [0.2, 0.25) is 0 Å². The van der Waals surface area contributed by atoms with Crippen LogP contribution in [0.5, 0.6) is 5.75 Å². The minimum absolute atomic E-state index is 0.501. The maximum Gasteiger partial charge on any atom is 0.146 e. The molecule has 0 saturated heterocycles. The number of hydrogen-bond donors (Lipinski definition) is 1. The van der Waals surface area contributed by atoms with E-state index in [-0.39, 0.29) is 0 Å². The van der Waals surface area contributed by atoms with E-state index in [4.69, 9.17) is 21.6 Å². The van der Waals surface area contributed by atoms with Crippen molar-refractivity contribution in [1.82, 2.24) is 9.78 Å². The first-order valence-electron chi connectivity index (χ1n) is 5.61. The number of benzene rings is 1. The van der Waals surface area contributed by atoms with Gasteiger partial charge in [-0.05, 0) is 19.1 Å². The van der Waals surface area contributed by atoms with Gasteiger partial charge in [-0.3, -0.25) is 4.68 Å². The molecule has 0 radical (unpaired) electrons. The van der Waals surface area contributed by atoms with E-state index in [2.05, 4.69) is 16.5 Å². The summed E-state index contributed by atoms with van der Waals surface area (Å²) in [7, 11) is 3.35. The summed E-state index contributed by atoms with van der Waals surface area (Å²) in [5.41, 5.74) is 1.84. The van der Waals surface area contributed by atoms with Gasteiger partial charge in [0.25, 0.3) is 0 Å². The lowest BCUT2D eigenvalue weighted by molar-refractivity contribution is 0.415. The average molecular weight is 277 g/mol. The lowest BCUT2D eigenvalue weighted by Crippen LogP contribution is -2.01. The highest BCUT2D eigenvalue weighted by Gasteiger charge is 2.14. The maximum atomic E-state index is 9.16. The van der Waals surface area contributed by atoms with Crippen LogP contribution in [0, 0.1) is 18.3 Å². The zero-order chi connectivity index (χ0) is 14.0. The van der Waals surface area contributed by atoms with Gasteiger partial charge in [0, 0.05) is 13.1 Å². The Morgan fingerprint density at radius 3 is 2.84 bits per heavy atom. The number of methoxy groups -OCH3 is 1. The highest BCUT2D eigenvalue weighted by Crippen LogP contribution is 2.31. The van der Waals surface area contributed by atoms with E-state index in [1.54, 1.807) is 44.0 Å². The number of rotatable bonds is 3. The zero-order valence-corrected chi connectivity index (χ0v) is 11.6. The number of aromatic nitrogens is 2. The normalized spacial score (nSPS) is 10.1. The molecule has 6 heteroatoms. The predicted octanol–water partition coefficient (Wildman–Crippen LogP) is 3.01. The Labute approximate surface area is 116 Å². The van der Waals surface area contributed by atoms with E-state index >= 15 is 0 Å². The quantitative estimate of drug-likeness (QED) is 0.936. The fourth-order valence-corrected chi connectivity index (χ4v) is 1.95. The second kappa shape index (κ2) is 5.21. The number of nitriles is 1. The molecule has 0 atom stereocenters. The first kappa shape index (κ1) is 13.2. The fourth-order valence-electron chi connectivity index (χ4n) is 1.79. The molecule has 2 rings (SSSR count). The second-order valence-corrected chi connectivity index (χ2v) is 4.42. The molecule has 2 aromatic rings. The Balaban J connectivity index is 2.44. The average Bonchev–Trinajstić information content (AvgIpc) is 2.66. The number of halogens is 1. The standard InChI is InChI=1S/C13H13ClN4O/c1-8-10(7-15)13(18(2)17-8)16-12-6-9(19-3)4-5-11(12)14/h4-6,16H,1-3H3. The van der Waals surface area contributed by atoms with E-state index in [9.17, 15) is 0 Å². The van der Waals surface area contributed by atoms with Gasteiger partial charge in [-0.1, -0.05) is 11.6 Å². The minimum atomic E-state index is 0.501. The smallest absolute Gasteiger partial charge is 0.146 e. The van der Waals surface area contributed by atoms with Gasteiger partial charge in [-0.25, -0.2) is 0 Å². The van der Waals surface area contributed by atoms with E-state index in [0.717, 1.165) is 0 Å². The van der Waals surface area contributed by atoms with E-state index in [0.29, 0.717) is 33.5 Å². The first-order valence-corrected chi connectivity index (χ1v) is 5.99. The molecular formula is C13H13ClN4O. The molecule has 0 spiro atoms. The summed E-state index contributed by atoms with van der Waals surface area (Å²) in [6.45, 7) is 1.79. The minimum Gasteiger partial charge on any atom is -0.497 e. The highest BCUT2D eigenvalue weighted by molar-refractivity contribution is 6.33. The van der Waals surface area contributed by atoms with Crippen LogP contribution in [0.3, 0.4) is 0 Å². The molecule has 1 heterocycles. The van der Waals surface area contributed by atoms with Gasteiger partial charge in [-0.15, -0.1) is 0 Å². The summed E-state index contributed by atoms with van der Waals surface area (Å²) in [4.78, 5) is 0. The Morgan fingerprint density at radius 1 is 1.47 bits per heavy atom. The maximum absolute atomic E-state index is 9.16. The van der Waals surface area contributed by atoms with Crippen molar-refractivity contribution in [3.05, 3.63) is 34.5 Å². The van der Waals surface area contributed by atoms with Gasteiger partial charge in [0.05, 0.1) is 23.5 Å². The van der Waals surface area contributed by atoms with E-state index in [1.807, 2.05) is 0 Å². The van der Waals surface area contributed by atoms with Crippen LogP contribution in [0.4, 0.5) is 11.5 Å². The molecule has 0 bridgehead atoms. The predicted molar refractivity (Wildman–Crippen MR) is 73.9 cm³/mol. The monoisotopic (exact) mass is 276 g/mol. The van der Waals surface area contributed by atoms with Gasteiger partial charge < -0.3 is 10.1 Å². The van der Waals surface area contributed by atoms with Crippen molar-refractivity contribution in [2.45, 2.75) is 6.92 Å². The molecular weight excluding hydrogens is 264 g/mol. The topological polar surface area (TPSA) is 62.9 Å². The van der Waals surface area contributed by atoms with Crippen molar-refractivity contribution < 1.29 is 4.74 Å². The number of ether oxygens (including phenoxy) is 1. The largest absolute Gasteiger partial charge is 0.497 e. The Morgan fingerprint density at radius 2 is 2.21 bits per heavy atom. The molecule has 1 aromatic heterocycles. The molecule has 19 heavy (non-hydrogen) atoms. The number of hydrogen-bond acceptors (Lipinski definition) is 4. The van der Waals surface area contributed by atoms with Gasteiger partial charge >= 0.3 is 0 Å². The van der Waals surface area contributed by atoms with Crippen LogP contribution < -0.4 is 10.1 Å². The third-order valence-corrected chi connectivity index (χ3v) is 3.09. The number of aryl methyl sites for hydroxylation is 2. The Hall–Kier alpha value is -2.19. The molecule has 0 aliphatic heterocycles. The third-order valence-electron chi connectivity index (χ3n) is 2.76.